The highest BCUT2D eigenvalue weighted by molar-refractivity contribution is 6.46. The van der Waals surface area contributed by atoms with Crippen LogP contribution in [0.1, 0.15) is 99.3 Å². The monoisotopic (exact) mass is 568 g/mol. The molecule has 3 aliphatic rings. The van der Waals surface area contributed by atoms with Crippen molar-refractivity contribution in [1.82, 2.24) is 10.2 Å². The van der Waals surface area contributed by atoms with E-state index in [1.54, 1.807) is 0 Å². The van der Waals surface area contributed by atoms with E-state index in [1.807, 2.05) is 47.5 Å². The Morgan fingerprint density at radius 1 is 1.12 bits per heavy atom. The van der Waals surface area contributed by atoms with Gasteiger partial charge >= 0.3 is 0 Å². The molecule has 2 aliphatic heterocycles. The number of hydrogen-bond acceptors (Lipinski definition) is 5. The molecule has 7 heteroatoms. The fraction of sp³-hybridized carbons (Fsp3) is 0.486. The van der Waals surface area contributed by atoms with Gasteiger partial charge in [-0.15, -0.1) is 0 Å². The van der Waals surface area contributed by atoms with Crippen LogP contribution in [0.15, 0.2) is 64.6 Å². The summed E-state index contributed by atoms with van der Waals surface area (Å²) in [5, 5.41) is 11.8. The van der Waals surface area contributed by atoms with Crippen molar-refractivity contribution in [2.75, 3.05) is 19.7 Å². The van der Waals surface area contributed by atoms with Gasteiger partial charge in [-0.05, 0) is 97.8 Å². The normalized spacial score (nSPS) is 23.1. The molecule has 1 unspecified atom stereocenters. The predicted molar refractivity (Wildman–Crippen MR) is 169 cm³/mol. The lowest BCUT2D eigenvalue weighted by atomic mass is 9.69. The highest BCUT2D eigenvalue weighted by Crippen LogP contribution is 2.49. The molecule has 222 valence electrons. The molecular weight excluding hydrogens is 524 g/mol. The van der Waals surface area contributed by atoms with Gasteiger partial charge in [0, 0.05) is 37.0 Å². The van der Waals surface area contributed by atoms with Crippen LogP contribution in [0.25, 0.3) is 5.57 Å². The van der Waals surface area contributed by atoms with Crippen LogP contribution in [0.5, 0.6) is 0 Å². The minimum Gasteiger partial charge on any atom is -0.396 e. The summed E-state index contributed by atoms with van der Waals surface area (Å²) >= 11 is 0. The number of rotatable bonds is 8. The molecule has 1 fully saturated rings. The van der Waals surface area contributed by atoms with Crippen LogP contribution in [0, 0.1) is 11.3 Å². The number of carbonyl (C=O) groups is 2. The van der Waals surface area contributed by atoms with E-state index in [2.05, 4.69) is 56.2 Å². The fourth-order valence-electron chi connectivity index (χ4n) is 6.67. The SMILES string of the molecule is CC(c1ccc(C(=O)NCCCO)cc1)N1C(=O)C(c2cccc(C3=CC=NCC3)c2)=NC12CCC(C(C)(C)C)CC2. The van der Waals surface area contributed by atoms with Crippen LogP contribution >= 0.6 is 0 Å². The summed E-state index contributed by atoms with van der Waals surface area (Å²) in [7, 11) is 0. The molecule has 0 saturated heterocycles. The largest absolute Gasteiger partial charge is 0.396 e. The van der Waals surface area contributed by atoms with E-state index in [4.69, 9.17) is 10.1 Å². The Hall–Kier alpha value is -3.58. The summed E-state index contributed by atoms with van der Waals surface area (Å²) < 4.78 is 0. The Morgan fingerprint density at radius 2 is 1.83 bits per heavy atom. The van der Waals surface area contributed by atoms with Gasteiger partial charge in [0.05, 0.1) is 6.04 Å². The van der Waals surface area contributed by atoms with Crippen molar-refractivity contribution in [3.63, 3.8) is 0 Å². The van der Waals surface area contributed by atoms with Gasteiger partial charge in [-0.3, -0.25) is 19.6 Å². The maximum atomic E-state index is 14.4. The smallest absolute Gasteiger partial charge is 0.275 e. The Morgan fingerprint density at radius 3 is 2.48 bits per heavy atom. The Kier molecular flexibility index (Phi) is 8.78. The molecule has 42 heavy (non-hydrogen) atoms. The molecule has 1 saturated carbocycles. The molecule has 7 nitrogen and oxygen atoms in total. The molecule has 0 aromatic heterocycles. The molecule has 1 aliphatic carbocycles. The lowest BCUT2D eigenvalue weighted by Gasteiger charge is -2.46. The Labute approximate surface area is 249 Å². The molecule has 5 rings (SSSR count). The zero-order valence-electron chi connectivity index (χ0n) is 25.4. The molecule has 1 spiro atoms. The van der Waals surface area contributed by atoms with E-state index in [0.29, 0.717) is 30.2 Å². The number of hydrogen-bond donors (Lipinski definition) is 2. The first-order valence-corrected chi connectivity index (χ1v) is 15.4. The second-order valence-electron chi connectivity index (χ2n) is 13.0. The second-order valence-corrected chi connectivity index (χ2v) is 13.0. The number of aliphatic hydroxyl groups is 1. The molecule has 2 amide bonds. The lowest BCUT2D eigenvalue weighted by molar-refractivity contribution is -0.132. The van der Waals surface area contributed by atoms with Gasteiger partial charge in [-0.2, -0.15) is 0 Å². The number of dihydropyridines is 1. The van der Waals surface area contributed by atoms with Crippen molar-refractivity contribution in [2.45, 2.75) is 77.9 Å². The van der Waals surface area contributed by atoms with Crippen molar-refractivity contribution in [3.8, 4) is 0 Å². The third-order valence-electron chi connectivity index (χ3n) is 9.26. The van der Waals surface area contributed by atoms with Crippen LogP contribution in [-0.2, 0) is 4.79 Å². The quantitative estimate of drug-likeness (QED) is 0.384. The number of nitrogens with zero attached hydrogens (tertiary/aromatic N) is 3. The third-order valence-corrected chi connectivity index (χ3v) is 9.26. The Bertz CT molecular complexity index is 1390. The van der Waals surface area contributed by atoms with Crippen molar-refractivity contribution in [3.05, 3.63) is 76.9 Å². The highest BCUT2D eigenvalue weighted by atomic mass is 16.3. The average Bonchev–Trinajstić information content (AvgIpc) is 3.28. The van der Waals surface area contributed by atoms with Crippen LogP contribution in [0.2, 0.25) is 0 Å². The van der Waals surface area contributed by atoms with Gasteiger partial charge < -0.3 is 15.3 Å². The molecule has 2 aromatic carbocycles. The first-order chi connectivity index (χ1) is 20.1. The standard InChI is InChI=1S/C35H44N4O3/c1-24(25-9-11-27(12-10-25)32(41)37-19-6-22-40)39-33(42)31(38-35(39)17-13-30(14-18-35)34(2,3)4)29-8-5-7-28(23-29)26-15-20-36-21-16-26/h5,7-12,15,20,23-24,30,40H,6,13-14,16-19,21-22H2,1-4H3,(H,37,41). The van der Waals surface area contributed by atoms with Gasteiger partial charge in [0.25, 0.3) is 11.8 Å². The molecule has 0 bridgehead atoms. The summed E-state index contributed by atoms with van der Waals surface area (Å²) in [6.07, 6.45) is 9.04. The number of aliphatic imine (C=N–C) groups is 2. The van der Waals surface area contributed by atoms with E-state index >= 15 is 0 Å². The number of allylic oxidation sites excluding steroid dienone is 1. The van der Waals surface area contributed by atoms with Crippen LogP contribution in [0.4, 0.5) is 0 Å². The molecule has 0 radical (unpaired) electrons. The van der Waals surface area contributed by atoms with E-state index < -0.39 is 5.66 Å². The molecule has 2 aromatic rings. The summed E-state index contributed by atoms with van der Waals surface area (Å²) in [6.45, 7) is 10.3. The fourth-order valence-corrected chi connectivity index (χ4v) is 6.67. The minimum absolute atomic E-state index is 0.0288. The van der Waals surface area contributed by atoms with Gasteiger partial charge in [-0.1, -0.05) is 51.1 Å². The molecule has 2 heterocycles. The van der Waals surface area contributed by atoms with Crippen LogP contribution < -0.4 is 5.32 Å². The van der Waals surface area contributed by atoms with Crippen molar-refractivity contribution < 1.29 is 14.7 Å². The second kappa shape index (κ2) is 12.3. The number of aliphatic hydroxyl groups excluding tert-OH is 1. The number of carbonyl (C=O) groups excluding carboxylic acids is 2. The van der Waals surface area contributed by atoms with Gasteiger partial charge in [0.15, 0.2) is 0 Å². The zero-order chi connectivity index (χ0) is 29.9. The predicted octanol–water partition coefficient (Wildman–Crippen LogP) is 5.98. The summed E-state index contributed by atoms with van der Waals surface area (Å²) in [6, 6.07) is 15.5. The Balaban J connectivity index is 1.45. The number of nitrogens with one attached hydrogen (secondary N) is 1. The van der Waals surface area contributed by atoms with Crippen LogP contribution in [0.3, 0.4) is 0 Å². The first-order valence-electron chi connectivity index (χ1n) is 15.4. The van der Waals surface area contributed by atoms with Gasteiger partial charge in [0.1, 0.15) is 11.4 Å². The average molecular weight is 569 g/mol. The summed E-state index contributed by atoms with van der Waals surface area (Å²) in [4.78, 5) is 38.5. The minimum atomic E-state index is -0.583. The number of benzene rings is 2. The highest BCUT2D eigenvalue weighted by Gasteiger charge is 2.52. The van der Waals surface area contributed by atoms with Gasteiger partial charge in [-0.25, -0.2) is 0 Å². The summed E-state index contributed by atoms with van der Waals surface area (Å²) in [5.74, 6) is 0.391. The maximum absolute atomic E-state index is 14.4. The molecule has 1 atom stereocenters. The van der Waals surface area contributed by atoms with Gasteiger partial charge in [0.2, 0.25) is 0 Å². The first kappa shape index (κ1) is 29.9. The van der Waals surface area contributed by atoms with E-state index in [-0.39, 0.29) is 29.9 Å². The van der Waals surface area contributed by atoms with E-state index in [9.17, 15) is 9.59 Å². The lowest BCUT2D eigenvalue weighted by Crippen LogP contribution is -2.50. The molecule has 2 N–H and O–H groups in total. The van der Waals surface area contributed by atoms with E-state index in [1.165, 1.54) is 5.57 Å². The summed E-state index contributed by atoms with van der Waals surface area (Å²) in [5.41, 5.74) is 4.92. The number of amides is 2. The van der Waals surface area contributed by atoms with E-state index in [0.717, 1.165) is 55.3 Å². The molecular formula is C35H44N4O3. The topological polar surface area (TPSA) is 94.4 Å². The van der Waals surface area contributed by atoms with Crippen molar-refractivity contribution in [2.24, 2.45) is 21.3 Å². The van der Waals surface area contributed by atoms with Crippen LogP contribution in [-0.4, -0.2) is 59.1 Å². The maximum Gasteiger partial charge on any atom is 0.275 e. The van der Waals surface area contributed by atoms with Crippen molar-refractivity contribution in [1.29, 1.82) is 0 Å². The van der Waals surface area contributed by atoms with Crippen molar-refractivity contribution >= 4 is 29.3 Å². The zero-order valence-corrected chi connectivity index (χ0v) is 25.4. The third kappa shape index (κ3) is 6.12.